The monoisotopic (exact) mass is 387 g/mol. The van der Waals surface area contributed by atoms with E-state index in [1.807, 2.05) is 6.07 Å². The standard InChI is InChI=1S/C15H14FN9O3/c1-24-15(27)25(23-22-24)11-5-10(9(16)4-12(11)28-3-2-26)20-14-19-7-8(6-17)13(18)21-14/h4-5,7,26H,2-3H2,1H3,(H3,18,19,20,21). The number of hydrogen-bond acceptors (Lipinski definition) is 10. The summed E-state index contributed by atoms with van der Waals surface area (Å²) in [6.07, 6.45) is 1.19. The zero-order chi connectivity index (χ0) is 20.3. The van der Waals surface area contributed by atoms with Gasteiger partial charge in [0.05, 0.1) is 18.5 Å². The predicted molar refractivity (Wildman–Crippen MR) is 93.6 cm³/mol. The second-order valence-corrected chi connectivity index (χ2v) is 5.40. The topological polar surface area (TPSA) is 170 Å². The van der Waals surface area contributed by atoms with Gasteiger partial charge in [-0.25, -0.2) is 14.2 Å². The Kier molecular flexibility index (Phi) is 5.14. The fourth-order valence-electron chi connectivity index (χ4n) is 2.20. The summed E-state index contributed by atoms with van der Waals surface area (Å²) in [4.78, 5) is 19.9. The first-order valence-corrected chi connectivity index (χ1v) is 7.80. The van der Waals surface area contributed by atoms with Crippen LogP contribution in [0.25, 0.3) is 5.69 Å². The third-order valence-corrected chi connectivity index (χ3v) is 3.53. The van der Waals surface area contributed by atoms with E-state index in [2.05, 4.69) is 25.7 Å². The average Bonchev–Trinajstić information content (AvgIpc) is 3.00. The number of tetrazole rings is 1. The van der Waals surface area contributed by atoms with Crippen LogP contribution >= 0.6 is 0 Å². The summed E-state index contributed by atoms with van der Waals surface area (Å²) < 4.78 is 21.7. The van der Waals surface area contributed by atoms with Crippen molar-refractivity contribution in [2.75, 3.05) is 24.3 Å². The molecule has 0 fully saturated rings. The minimum Gasteiger partial charge on any atom is -0.489 e. The van der Waals surface area contributed by atoms with Crippen LogP contribution in [0.5, 0.6) is 5.75 Å². The van der Waals surface area contributed by atoms with E-state index in [0.29, 0.717) is 0 Å². The molecule has 2 heterocycles. The molecular weight excluding hydrogens is 373 g/mol. The number of nitrogens with zero attached hydrogens (tertiary/aromatic N) is 7. The lowest BCUT2D eigenvalue weighted by Crippen LogP contribution is -2.23. The second kappa shape index (κ2) is 7.68. The van der Waals surface area contributed by atoms with Gasteiger partial charge >= 0.3 is 5.69 Å². The lowest BCUT2D eigenvalue weighted by atomic mass is 10.2. The van der Waals surface area contributed by atoms with Gasteiger partial charge in [-0.15, -0.1) is 0 Å². The quantitative estimate of drug-likeness (QED) is 0.499. The third kappa shape index (κ3) is 3.57. The molecule has 12 nitrogen and oxygen atoms in total. The Bertz CT molecular complexity index is 1120. The Hall–Kier alpha value is -4.05. The van der Waals surface area contributed by atoms with Gasteiger partial charge in [-0.05, 0) is 16.5 Å². The van der Waals surface area contributed by atoms with Crippen molar-refractivity contribution in [2.24, 2.45) is 7.05 Å². The number of aliphatic hydroxyl groups excluding tert-OH is 1. The number of hydrogen-bond donors (Lipinski definition) is 3. The van der Waals surface area contributed by atoms with Gasteiger partial charge in [-0.3, -0.25) is 0 Å². The Labute approximate surface area is 156 Å². The van der Waals surface area contributed by atoms with Gasteiger partial charge in [0.1, 0.15) is 35.5 Å². The van der Waals surface area contributed by atoms with E-state index in [-0.39, 0.29) is 47.7 Å². The summed E-state index contributed by atoms with van der Waals surface area (Å²) in [5, 5.41) is 27.8. The number of nitrogen functional groups attached to an aromatic ring is 1. The molecular formula is C15H14FN9O3. The molecule has 144 valence electrons. The van der Waals surface area contributed by atoms with Gasteiger partial charge in [0.15, 0.2) is 5.82 Å². The van der Waals surface area contributed by atoms with E-state index in [1.54, 1.807) is 0 Å². The molecule has 0 atom stereocenters. The van der Waals surface area contributed by atoms with Crippen molar-refractivity contribution in [3.8, 4) is 17.5 Å². The number of aliphatic hydroxyl groups is 1. The van der Waals surface area contributed by atoms with Crippen molar-refractivity contribution in [2.45, 2.75) is 0 Å². The summed E-state index contributed by atoms with van der Waals surface area (Å²) in [7, 11) is 1.40. The summed E-state index contributed by atoms with van der Waals surface area (Å²) in [5.74, 6) is -0.911. The molecule has 0 saturated heterocycles. The first kappa shape index (κ1) is 18.7. The first-order valence-electron chi connectivity index (χ1n) is 7.80. The first-order chi connectivity index (χ1) is 13.4. The lowest BCUT2D eigenvalue weighted by molar-refractivity contribution is 0.200. The molecule has 0 amide bonds. The molecule has 0 aliphatic rings. The summed E-state index contributed by atoms with van der Waals surface area (Å²) in [5.41, 5.74) is 5.09. The van der Waals surface area contributed by atoms with Gasteiger partial charge in [0.25, 0.3) is 0 Å². The molecule has 0 unspecified atom stereocenters. The Morgan fingerprint density at radius 1 is 1.43 bits per heavy atom. The molecule has 0 aliphatic carbocycles. The van der Waals surface area contributed by atoms with Gasteiger partial charge in [-0.1, -0.05) is 0 Å². The van der Waals surface area contributed by atoms with Crippen LogP contribution in [0.15, 0.2) is 23.1 Å². The van der Waals surface area contributed by atoms with Crippen LogP contribution in [0.1, 0.15) is 5.56 Å². The zero-order valence-electron chi connectivity index (χ0n) is 14.5. The fourth-order valence-corrected chi connectivity index (χ4v) is 2.20. The maximum absolute atomic E-state index is 14.5. The van der Waals surface area contributed by atoms with Gasteiger partial charge in [-0.2, -0.15) is 19.6 Å². The molecule has 1 aromatic carbocycles. The Morgan fingerprint density at radius 2 is 2.21 bits per heavy atom. The Balaban J connectivity index is 2.06. The largest absolute Gasteiger partial charge is 0.489 e. The number of nitriles is 1. The van der Waals surface area contributed by atoms with Crippen LogP contribution in [0.2, 0.25) is 0 Å². The number of halogens is 1. The van der Waals surface area contributed by atoms with E-state index in [1.165, 1.54) is 19.3 Å². The van der Waals surface area contributed by atoms with Crippen molar-refractivity contribution in [3.63, 3.8) is 0 Å². The van der Waals surface area contributed by atoms with Crippen molar-refractivity contribution in [1.82, 2.24) is 29.8 Å². The number of rotatable bonds is 6. The van der Waals surface area contributed by atoms with Crippen molar-refractivity contribution < 1.29 is 14.2 Å². The van der Waals surface area contributed by atoms with Crippen LogP contribution in [-0.2, 0) is 7.05 Å². The maximum atomic E-state index is 14.5. The van der Waals surface area contributed by atoms with Crippen molar-refractivity contribution in [3.05, 3.63) is 40.2 Å². The molecule has 0 spiro atoms. The molecule has 0 aliphatic heterocycles. The number of anilines is 3. The molecule has 0 saturated carbocycles. The van der Waals surface area contributed by atoms with Gasteiger partial charge in [0, 0.05) is 13.1 Å². The number of aryl methyl sites for hydroxylation is 1. The van der Waals surface area contributed by atoms with E-state index in [0.717, 1.165) is 15.4 Å². The molecule has 0 bridgehead atoms. The minimum absolute atomic E-state index is 0.0278. The molecule has 3 aromatic rings. The molecule has 2 aromatic heterocycles. The number of nitrogens with two attached hydrogens (primary N) is 1. The minimum atomic E-state index is -0.750. The van der Waals surface area contributed by atoms with Crippen molar-refractivity contribution >= 4 is 17.5 Å². The summed E-state index contributed by atoms with van der Waals surface area (Å²) in [6.45, 7) is -0.432. The molecule has 4 N–H and O–H groups in total. The number of aromatic nitrogens is 6. The average molecular weight is 387 g/mol. The number of benzene rings is 1. The van der Waals surface area contributed by atoms with E-state index in [9.17, 15) is 9.18 Å². The fraction of sp³-hybridized carbons (Fsp3) is 0.200. The summed E-state index contributed by atoms with van der Waals surface area (Å²) >= 11 is 0. The molecule has 3 rings (SSSR count). The third-order valence-electron chi connectivity index (χ3n) is 3.53. The summed E-state index contributed by atoms with van der Waals surface area (Å²) in [6, 6.07) is 4.08. The second-order valence-electron chi connectivity index (χ2n) is 5.40. The number of ether oxygens (including phenoxy) is 1. The van der Waals surface area contributed by atoms with E-state index in [4.69, 9.17) is 20.8 Å². The molecule has 13 heteroatoms. The molecule has 28 heavy (non-hydrogen) atoms. The van der Waals surface area contributed by atoms with Gasteiger partial charge < -0.3 is 20.9 Å². The Morgan fingerprint density at radius 3 is 2.82 bits per heavy atom. The van der Waals surface area contributed by atoms with Crippen LogP contribution < -0.4 is 21.5 Å². The smallest absolute Gasteiger partial charge is 0.368 e. The van der Waals surface area contributed by atoms with Crippen LogP contribution in [0, 0.1) is 17.1 Å². The highest BCUT2D eigenvalue weighted by Gasteiger charge is 2.18. The van der Waals surface area contributed by atoms with Crippen molar-refractivity contribution in [1.29, 1.82) is 5.26 Å². The van der Waals surface area contributed by atoms with Crippen LogP contribution in [0.3, 0.4) is 0 Å². The highest BCUT2D eigenvalue weighted by Crippen LogP contribution is 2.30. The lowest BCUT2D eigenvalue weighted by Gasteiger charge is -2.13. The number of nitrogens with one attached hydrogen (secondary N) is 1. The SMILES string of the molecule is Cn1nnn(-c2cc(Nc3ncc(C#N)c(N)n3)c(F)cc2OCCO)c1=O. The normalized spacial score (nSPS) is 10.5. The van der Waals surface area contributed by atoms with Gasteiger partial charge in [0.2, 0.25) is 5.95 Å². The highest BCUT2D eigenvalue weighted by molar-refractivity contribution is 5.64. The van der Waals surface area contributed by atoms with Crippen LogP contribution in [0.4, 0.5) is 21.8 Å². The van der Waals surface area contributed by atoms with E-state index < -0.39 is 11.5 Å². The van der Waals surface area contributed by atoms with Crippen LogP contribution in [-0.4, -0.2) is 48.1 Å². The zero-order valence-corrected chi connectivity index (χ0v) is 14.5. The molecule has 0 radical (unpaired) electrons. The maximum Gasteiger partial charge on any atom is 0.368 e. The van der Waals surface area contributed by atoms with E-state index >= 15 is 0 Å². The highest BCUT2D eigenvalue weighted by atomic mass is 19.1. The predicted octanol–water partition coefficient (Wildman–Crippen LogP) is -0.536.